The standard InChI is InChI=1S/C17H19F3N2O2/c1-10(23)15-4-2-3-7-22(15)11-5-6-14-12(8-11)13(17(18,19)20)9-16(24)21-14/h5-6,8-10,15,23H,2-4,7H2,1H3,(H,21,24). The molecule has 1 aliphatic heterocycles. The lowest BCUT2D eigenvalue weighted by molar-refractivity contribution is -0.136. The molecule has 1 fully saturated rings. The fourth-order valence-electron chi connectivity index (χ4n) is 3.43. The van der Waals surface area contributed by atoms with Gasteiger partial charge in [0.25, 0.3) is 0 Å². The third kappa shape index (κ3) is 3.13. The molecule has 0 aliphatic carbocycles. The van der Waals surface area contributed by atoms with Gasteiger partial charge >= 0.3 is 6.18 Å². The number of alkyl halides is 3. The number of anilines is 1. The van der Waals surface area contributed by atoms with Gasteiger partial charge in [-0.2, -0.15) is 13.2 Å². The van der Waals surface area contributed by atoms with Gasteiger partial charge in [-0.1, -0.05) is 0 Å². The van der Waals surface area contributed by atoms with Gasteiger partial charge in [-0.3, -0.25) is 4.79 Å². The average molecular weight is 340 g/mol. The van der Waals surface area contributed by atoms with E-state index in [1.54, 1.807) is 13.0 Å². The van der Waals surface area contributed by atoms with Crippen molar-refractivity contribution < 1.29 is 18.3 Å². The van der Waals surface area contributed by atoms with Crippen molar-refractivity contribution >= 4 is 16.6 Å². The van der Waals surface area contributed by atoms with Crippen LogP contribution in [0.3, 0.4) is 0 Å². The molecule has 0 radical (unpaired) electrons. The van der Waals surface area contributed by atoms with Crippen LogP contribution in [0.5, 0.6) is 0 Å². The van der Waals surface area contributed by atoms with Crippen LogP contribution >= 0.6 is 0 Å². The summed E-state index contributed by atoms with van der Waals surface area (Å²) in [6, 6.07) is 5.12. The Hall–Kier alpha value is -2.02. The summed E-state index contributed by atoms with van der Waals surface area (Å²) < 4.78 is 39.8. The second-order valence-electron chi connectivity index (χ2n) is 6.27. The van der Waals surface area contributed by atoms with E-state index in [9.17, 15) is 23.1 Å². The Labute approximate surface area is 136 Å². The average Bonchev–Trinajstić information content (AvgIpc) is 2.52. The highest BCUT2D eigenvalue weighted by Gasteiger charge is 2.34. The number of piperidine rings is 1. The molecule has 1 aromatic carbocycles. The van der Waals surface area contributed by atoms with Crippen molar-refractivity contribution in [3.63, 3.8) is 0 Å². The number of hydrogen-bond acceptors (Lipinski definition) is 3. The Morgan fingerprint density at radius 2 is 2.04 bits per heavy atom. The quantitative estimate of drug-likeness (QED) is 0.882. The number of rotatable bonds is 2. The van der Waals surface area contributed by atoms with E-state index in [2.05, 4.69) is 4.98 Å². The topological polar surface area (TPSA) is 56.3 Å². The number of aliphatic hydroxyl groups excluding tert-OH is 1. The van der Waals surface area contributed by atoms with E-state index in [1.165, 1.54) is 12.1 Å². The summed E-state index contributed by atoms with van der Waals surface area (Å²) in [7, 11) is 0. The van der Waals surface area contributed by atoms with Crippen LogP contribution in [0.2, 0.25) is 0 Å². The molecule has 130 valence electrons. The van der Waals surface area contributed by atoms with Crippen molar-refractivity contribution in [3.8, 4) is 0 Å². The van der Waals surface area contributed by atoms with Gasteiger partial charge in [-0.15, -0.1) is 0 Å². The normalized spacial score (nSPS) is 20.4. The maximum atomic E-state index is 13.3. The molecule has 2 heterocycles. The predicted molar refractivity (Wildman–Crippen MR) is 86.2 cm³/mol. The molecule has 1 saturated heterocycles. The fraction of sp³-hybridized carbons (Fsp3) is 0.471. The van der Waals surface area contributed by atoms with Gasteiger partial charge in [0, 0.05) is 29.2 Å². The minimum absolute atomic E-state index is 0.0329. The highest BCUT2D eigenvalue weighted by molar-refractivity contribution is 5.86. The summed E-state index contributed by atoms with van der Waals surface area (Å²) in [5, 5.41) is 9.94. The van der Waals surface area contributed by atoms with Gasteiger partial charge in [0.1, 0.15) is 0 Å². The molecule has 2 atom stereocenters. The molecule has 2 aromatic rings. The lowest BCUT2D eigenvalue weighted by atomic mass is 9.96. The zero-order chi connectivity index (χ0) is 17.5. The maximum absolute atomic E-state index is 13.3. The van der Waals surface area contributed by atoms with Crippen LogP contribution in [0.4, 0.5) is 18.9 Å². The van der Waals surface area contributed by atoms with E-state index in [4.69, 9.17) is 0 Å². The molecule has 0 saturated carbocycles. The van der Waals surface area contributed by atoms with Crippen molar-refractivity contribution in [2.75, 3.05) is 11.4 Å². The first-order valence-corrected chi connectivity index (χ1v) is 7.96. The molecule has 0 amide bonds. The molecule has 4 nitrogen and oxygen atoms in total. The summed E-state index contributed by atoms with van der Waals surface area (Å²) >= 11 is 0. The Kier molecular flexibility index (Phi) is 4.29. The number of nitrogens with one attached hydrogen (secondary N) is 1. The number of hydrogen-bond donors (Lipinski definition) is 2. The first kappa shape index (κ1) is 16.8. The lowest BCUT2D eigenvalue weighted by Crippen LogP contribution is -2.45. The second kappa shape index (κ2) is 6.12. The minimum Gasteiger partial charge on any atom is -0.391 e. The van der Waals surface area contributed by atoms with Crippen molar-refractivity contribution in [1.82, 2.24) is 4.98 Å². The Morgan fingerprint density at radius 3 is 2.71 bits per heavy atom. The largest absolute Gasteiger partial charge is 0.417 e. The lowest BCUT2D eigenvalue weighted by Gasteiger charge is -2.39. The van der Waals surface area contributed by atoms with Crippen LogP contribution < -0.4 is 10.5 Å². The number of fused-ring (bicyclic) bond motifs is 1. The molecule has 2 N–H and O–H groups in total. The van der Waals surface area contributed by atoms with Gasteiger partial charge in [-0.05, 0) is 44.4 Å². The van der Waals surface area contributed by atoms with Crippen LogP contribution in [-0.2, 0) is 6.18 Å². The molecule has 2 unspecified atom stereocenters. The van der Waals surface area contributed by atoms with Crippen LogP contribution in [0.25, 0.3) is 10.9 Å². The number of pyridine rings is 1. The molecule has 7 heteroatoms. The van der Waals surface area contributed by atoms with Crippen molar-refractivity contribution in [2.45, 2.75) is 44.5 Å². The van der Waals surface area contributed by atoms with Crippen LogP contribution in [0.15, 0.2) is 29.1 Å². The Bertz CT molecular complexity index is 799. The number of nitrogens with zero attached hydrogens (tertiary/aromatic N) is 1. The van der Waals surface area contributed by atoms with Crippen LogP contribution in [0.1, 0.15) is 31.7 Å². The molecule has 24 heavy (non-hydrogen) atoms. The van der Waals surface area contributed by atoms with Crippen molar-refractivity contribution in [3.05, 3.63) is 40.2 Å². The minimum atomic E-state index is -4.60. The van der Waals surface area contributed by atoms with Gasteiger partial charge in [-0.25, -0.2) is 0 Å². The van der Waals surface area contributed by atoms with Gasteiger partial charge < -0.3 is 15.0 Å². The van der Waals surface area contributed by atoms with Gasteiger partial charge in [0.2, 0.25) is 5.56 Å². The van der Waals surface area contributed by atoms with Gasteiger partial charge in [0.15, 0.2) is 0 Å². The Morgan fingerprint density at radius 1 is 1.29 bits per heavy atom. The first-order chi connectivity index (χ1) is 11.3. The fourth-order valence-corrected chi connectivity index (χ4v) is 3.43. The second-order valence-corrected chi connectivity index (χ2v) is 6.27. The number of H-pyrrole nitrogens is 1. The monoisotopic (exact) mass is 340 g/mol. The summed E-state index contributed by atoms with van der Waals surface area (Å²) in [6.45, 7) is 2.38. The zero-order valence-corrected chi connectivity index (χ0v) is 13.2. The van der Waals surface area contributed by atoms with Crippen LogP contribution in [-0.4, -0.2) is 28.8 Å². The maximum Gasteiger partial charge on any atom is 0.417 e. The van der Waals surface area contributed by atoms with E-state index in [0.717, 1.165) is 19.3 Å². The third-order valence-electron chi connectivity index (χ3n) is 4.57. The molecule has 1 aromatic heterocycles. The highest BCUT2D eigenvalue weighted by Crippen LogP contribution is 2.36. The molecular weight excluding hydrogens is 321 g/mol. The number of aromatic amines is 1. The summed E-state index contributed by atoms with van der Waals surface area (Å²) in [6.07, 6.45) is -2.46. The zero-order valence-electron chi connectivity index (χ0n) is 13.2. The molecular formula is C17H19F3N2O2. The van der Waals surface area contributed by atoms with E-state index in [-0.39, 0.29) is 16.9 Å². The number of benzene rings is 1. The molecule has 1 aliphatic rings. The van der Waals surface area contributed by atoms with E-state index < -0.39 is 23.4 Å². The molecule has 0 bridgehead atoms. The highest BCUT2D eigenvalue weighted by atomic mass is 19.4. The molecule has 3 rings (SSSR count). The number of halogens is 3. The summed E-state index contributed by atoms with van der Waals surface area (Å²) in [5.41, 5.74) is -0.925. The van der Waals surface area contributed by atoms with E-state index in [0.29, 0.717) is 18.3 Å². The number of aliphatic hydroxyl groups is 1. The molecule has 0 spiro atoms. The van der Waals surface area contributed by atoms with E-state index >= 15 is 0 Å². The smallest absolute Gasteiger partial charge is 0.391 e. The first-order valence-electron chi connectivity index (χ1n) is 7.96. The SMILES string of the molecule is CC(O)C1CCCCN1c1ccc2[nH]c(=O)cc(C(F)(F)F)c2c1. The van der Waals surface area contributed by atoms with Crippen LogP contribution in [0, 0.1) is 0 Å². The van der Waals surface area contributed by atoms with E-state index in [1.807, 2.05) is 4.90 Å². The third-order valence-corrected chi connectivity index (χ3v) is 4.57. The van der Waals surface area contributed by atoms with Crippen molar-refractivity contribution in [1.29, 1.82) is 0 Å². The number of aromatic nitrogens is 1. The van der Waals surface area contributed by atoms with Gasteiger partial charge in [0.05, 0.1) is 17.7 Å². The summed E-state index contributed by atoms with van der Waals surface area (Å²) in [5.74, 6) is 0. The van der Waals surface area contributed by atoms with Crippen molar-refractivity contribution in [2.24, 2.45) is 0 Å². The Balaban J connectivity index is 2.14. The summed E-state index contributed by atoms with van der Waals surface area (Å²) in [4.78, 5) is 15.9. The predicted octanol–water partition coefficient (Wildman–Crippen LogP) is 3.29.